The molecule has 3 rings (SSSR count). The van der Waals surface area contributed by atoms with Gasteiger partial charge in [-0.25, -0.2) is 10.1 Å². The molecule has 2 aliphatic heterocycles. The average molecular weight is 478 g/mol. The van der Waals surface area contributed by atoms with E-state index in [1.807, 2.05) is 26.0 Å². The number of hydroxylamine groups is 2. The molecule has 0 atom stereocenters. The first kappa shape index (κ1) is 25.4. The van der Waals surface area contributed by atoms with Gasteiger partial charge >= 0.3 is 0 Å². The summed E-state index contributed by atoms with van der Waals surface area (Å²) in [5, 5.41) is 13.1. The van der Waals surface area contributed by atoms with Crippen LogP contribution < -0.4 is 11.1 Å². The van der Waals surface area contributed by atoms with E-state index >= 15 is 0 Å². The molecule has 9 nitrogen and oxygen atoms in total. The zero-order valence-electron chi connectivity index (χ0n) is 19.5. The van der Waals surface area contributed by atoms with E-state index in [0.29, 0.717) is 37.5 Å². The average Bonchev–Trinajstić information content (AvgIpc) is 3.09. The van der Waals surface area contributed by atoms with Crippen molar-refractivity contribution in [3.05, 3.63) is 21.4 Å². The summed E-state index contributed by atoms with van der Waals surface area (Å²) in [5.74, 6) is 0.287. The second-order valence-corrected chi connectivity index (χ2v) is 9.47. The fourth-order valence-corrected chi connectivity index (χ4v) is 5.20. The van der Waals surface area contributed by atoms with Gasteiger partial charge in [0, 0.05) is 42.4 Å². The summed E-state index contributed by atoms with van der Waals surface area (Å²) in [7, 11) is 0. The van der Waals surface area contributed by atoms with E-state index in [4.69, 9.17) is 15.7 Å². The van der Waals surface area contributed by atoms with Crippen LogP contribution in [0, 0.1) is 5.92 Å². The first-order valence-corrected chi connectivity index (χ1v) is 12.5. The van der Waals surface area contributed by atoms with Crippen LogP contribution in [-0.2, 0) is 21.0 Å². The topological polar surface area (TPSA) is 120 Å². The monoisotopic (exact) mass is 477 g/mol. The van der Waals surface area contributed by atoms with Gasteiger partial charge in [0.2, 0.25) is 5.91 Å². The fourth-order valence-electron chi connectivity index (χ4n) is 4.09. The number of likely N-dealkylation sites (tertiary alicyclic amines) is 1. The molecule has 1 fully saturated rings. The molecule has 2 amide bonds. The Morgan fingerprint density at radius 1 is 1.36 bits per heavy atom. The molecular weight excluding hydrogens is 442 g/mol. The third kappa shape index (κ3) is 6.86. The Bertz CT molecular complexity index is 883. The number of hydrogen-bond acceptors (Lipinski definition) is 8. The van der Waals surface area contributed by atoms with Gasteiger partial charge < -0.3 is 16.2 Å². The highest BCUT2D eigenvalue weighted by Gasteiger charge is 2.26. The number of amides is 2. The van der Waals surface area contributed by atoms with Gasteiger partial charge in [-0.2, -0.15) is 0 Å². The van der Waals surface area contributed by atoms with Gasteiger partial charge in [0.1, 0.15) is 5.84 Å². The molecule has 0 radical (unpaired) electrons. The van der Waals surface area contributed by atoms with Crippen LogP contribution in [0.1, 0.15) is 49.3 Å². The second-order valence-electron chi connectivity index (χ2n) is 8.30. The molecule has 33 heavy (non-hydrogen) atoms. The molecule has 1 saturated heterocycles. The number of amidine groups is 1. The fraction of sp³-hybridized carbons (Fsp3) is 0.609. The summed E-state index contributed by atoms with van der Waals surface area (Å²) < 4.78 is 0. The van der Waals surface area contributed by atoms with Gasteiger partial charge in [0.25, 0.3) is 5.91 Å². The van der Waals surface area contributed by atoms with Crippen molar-refractivity contribution < 1.29 is 19.5 Å². The minimum absolute atomic E-state index is 0.00478. The third-order valence-corrected chi connectivity index (χ3v) is 6.75. The lowest BCUT2D eigenvalue weighted by molar-refractivity contribution is -0.180. The molecule has 1 aromatic heterocycles. The smallest absolute Gasteiger partial charge is 0.273 e. The Hall–Kier alpha value is -2.27. The number of nitrogens with one attached hydrogen (secondary N) is 1. The zero-order valence-corrected chi connectivity index (χ0v) is 20.3. The lowest BCUT2D eigenvalue weighted by Crippen LogP contribution is -2.40. The Morgan fingerprint density at radius 2 is 2.12 bits per heavy atom. The molecule has 3 heterocycles. The van der Waals surface area contributed by atoms with Crippen LogP contribution in [0.4, 0.5) is 5.69 Å². The molecular formula is C23H35N5O4S. The van der Waals surface area contributed by atoms with E-state index in [1.165, 1.54) is 5.06 Å². The maximum Gasteiger partial charge on any atom is 0.273 e. The Balaban J connectivity index is 1.66. The summed E-state index contributed by atoms with van der Waals surface area (Å²) >= 11 is 1.62. The number of thiophene rings is 1. The Labute approximate surface area is 199 Å². The van der Waals surface area contributed by atoms with Crippen molar-refractivity contribution in [1.29, 1.82) is 0 Å². The summed E-state index contributed by atoms with van der Waals surface area (Å²) in [5.41, 5.74) is 7.52. The van der Waals surface area contributed by atoms with Crippen molar-refractivity contribution >= 4 is 40.8 Å². The lowest BCUT2D eigenvalue weighted by Gasteiger charge is -2.30. The number of aliphatic hydroxyl groups excluding tert-OH is 1. The number of carbonyl (C=O) groups is 2. The number of nitrogens with two attached hydrogens (primary N) is 1. The molecule has 0 aromatic carbocycles. The molecule has 0 unspecified atom stereocenters. The number of carbonyl (C=O) groups excluding carboxylic acids is 2. The maximum absolute atomic E-state index is 13.0. The first-order valence-electron chi connectivity index (χ1n) is 11.7. The standard InChI is InChI=1S/C23H35N5O4S/c1-3-8-28(32-4-2)23(31)17-12-20-19(26-21(24)13-17)14-18(33-20)15-27-9-5-16(6-10-27)22(30)25-7-11-29/h12,14,16,29H,3-11,13,15H2,1-2H3,(H2,24,26)(H,25,30). The third-order valence-electron chi connectivity index (χ3n) is 5.69. The minimum atomic E-state index is -0.166. The van der Waals surface area contributed by atoms with Crippen LogP contribution in [-0.4, -0.2) is 72.1 Å². The molecule has 0 bridgehead atoms. The molecule has 0 aliphatic carbocycles. The normalized spacial score (nSPS) is 17.1. The molecule has 182 valence electrons. The number of nitrogens with zero attached hydrogens (tertiary/aromatic N) is 3. The van der Waals surface area contributed by atoms with Gasteiger partial charge in [-0.05, 0) is 51.4 Å². The van der Waals surface area contributed by atoms with Crippen LogP contribution in [0.2, 0.25) is 0 Å². The summed E-state index contributed by atoms with van der Waals surface area (Å²) in [6, 6.07) is 2.04. The van der Waals surface area contributed by atoms with Crippen molar-refractivity contribution in [1.82, 2.24) is 15.3 Å². The molecule has 0 saturated carbocycles. The number of hydrogen-bond donors (Lipinski definition) is 3. The predicted molar refractivity (Wildman–Crippen MR) is 130 cm³/mol. The van der Waals surface area contributed by atoms with Crippen LogP contribution in [0.15, 0.2) is 16.6 Å². The van der Waals surface area contributed by atoms with Gasteiger partial charge in [-0.1, -0.05) is 6.92 Å². The highest BCUT2D eigenvalue weighted by Crippen LogP contribution is 2.36. The van der Waals surface area contributed by atoms with E-state index in [0.717, 1.165) is 54.3 Å². The van der Waals surface area contributed by atoms with E-state index in [9.17, 15) is 9.59 Å². The first-order chi connectivity index (χ1) is 15.9. The van der Waals surface area contributed by atoms with E-state index in [1.54, 1.807) is 11.3 Å². The largest absolute Gasteiger partial charge is 0.395 e. The maximum atomic E-state index is 13.0. The molecule has 2 aliphatic rings. The van der Waals surface area contributed by atoms with Crippen LogP contribution in [0.3, 0.4) is 0 Å². The molecule has 1 aromatic rings. The number of aliphatic imine (C=N–C) groups is 1. The summed E-state index contributed by atoms with van der Waals surface area (Å²) in [6.07, 6.45) is 4.60. The van der Waals surface area contributed by atoms with E-state index in [2.05, 4.69) is 15.2 Å². The minimum Gasteiger partial charge on any atom is -0.395 e. The van der Waals surface area contributed by atoms with E-state index in [-0.39, 0.29) is 24.3 Å². The van der Waals surface area contributed by atoms with Gasteiger partial charge in [-0.3, -0.25) is 19.3 Å². The van der Waals surface area contributed by atoms with Crippen molar-refractivity contribution in [3.8, 4) is 0 Å². The highest BCUT2D eigenvalue weighted by atomic mass is 32.1. The quantitative estimate of drug-likeness (QED) is 0.444. The van der Waals surface area contributed by atoms with Crippen LogP contribution in [0.5, 0.6) is 0 Å². The second kappa shape index (κ2) is 12.3. The lowest BCUT2D eigenvalue weighted by atomic mass is 9.96. The van der Waals surface area contributed by atoms with Crippen LogP contribution >= 0.6 is 11.3 Å². The van der Waals surface area contributed by atoms with Crippen molar-refractivity contribution in [3.63, 3.8) is 0 Å². The van der Waals surface area contributed by atoms with Gasteiger partial charge in [0.15, 0.2) is 0 Å². The number of piperidine rings is 1. The van der Waals surface area contributed by atoms with Crippen molar-refractivity contribution in [2.45, 2.75) is 46.1 Å². The zero-order chi connectivity index (χ0) is 23.8. The Kier molecular flexibility index (Phi) is 9.42. The molecule has 4 N–H and O–H groups in total. The summed E-state index contributed by atoms with van der Waals surface area (Å²) in [6.45, 7) is 7.54. The van der Waals surface area contributed by atoms with Gasteiger partial charge in [-0.15, -0.1) is 11.3 Å². The SMILES string of the molecule is CCCN(OCC)C(=O)C1=Cc2sc(CN3CCC(C(=O)NCCO)CC3)cc2N=C(N)C1. The highest BCUT2D eigenvalue weighted by molar-refractivity contribution is 7.13. The molecule has 10 heteroatoms. The van der Waals surface area contributed by atoms with E-state index < -0.39 is 0 Å². The summed E-state index contributed by atoms with van der Waals surface area (Å²) in [4.78, 5) is 39.7. The van der Waals surface area contributed by atoms with Crippen molar-refractivity contribution in [2.24, 2.45) is 16.6 Å². The predicted octanol–water partition coefficient (Wildman–Crippen LogP) is 2.03. The number of aliphatic hydroxyl groups is 1. The number of fused-ring (bicyclic) bond motifs is 1. The molecule has 0 spiro atoms. The van der Waals surface area contributed by atoms with Crippen molar-refractivity contribution in [2.75, 3.05) is 39.4 Å². The Morgan fingerprint density at radius 3 is 2.79 bits per heavy atom. The van der Waals surface area contributed by atoms with Crippen LogP contribution in [0.25, 0.3) is 6.08 Å². The van der Waals surface area contributed by atoms with Gasteiger partial charge in [0.05, 0.1) is 23.8 Å². The number of rotatable bonds is 10.